The van der Waals surface area contributed by atoms with Gasteiger partial charge in [-0.25, -0.2) is 0 Å². The van der Waals surface area contributed by atoms with Crippen LogP contribution in [0.15, 0.2) is 42.5 Å². The molecule has 0 aromatic heterocycles. The van der Waals surface area contributed by atoms with E-state index >= 15 is 0 Å². The Bertz CT molecular complexity index is 764. The van der Waals surface area contributed by atoms with E-state index in [1.54, 1.807) is 36.4 Å². The molecule has 0 aliphatic carbocycles. The van der Waals surface area contributed by atoms with E-state index in [-0.39, 0.29) is 18.4 Å². The quantitative estimate of drug-likeness (QED) is 0.793. The predicted octanol–water partition coefficient (Wildman–Crippen LogP) is 3.12. The van der Waals surface area contributed by atoms with E-state index in [9.17, 15) is 9.59 Å². The third kappa shape index (κ3) is 5.39. The van der Waals surface area contributed by atoms with Gasteiger partial charge in [0, 0.05) is 23.3 Å². The first kappa shape index (κ1) is 18.6. The lowest BCUT2D eigenvalue weighted by Gasteiger charge is -2.11. The summed E-state index contributed by atoms with van der Waals surface area (Å²) in [6.45, 7) is 2.28. The molecule has 2 amide bonds. The minimum atomic E-state index is -0.361. The molecule has 0 unspecified atom stereocenters. The fraction of sp³-hybridized carbons (Fsp3) is 0.222. The number of rotatable bonds is 7. The molecular formula is C18H19ClN2O4. The number of hydrogen-bond donors (Lipinski definition) is 2. The first-order chi connectivity index (χ1) is 12.0. The van der Waals surface area contributed by atoms with Crippen molar-refractivity contribution in [2.24, 2.45) is 0 Å². The van der Waals surface area contributed by atoms with Crippen molar-refractivity contribution in [3.05, 3.63) is 53.1 Å². The smallest absolute Gasteiger partial charge is 0.259 e. The van der Waals surface area contributed by atoms with Gasteiger partial charge in [0.1, 0.15) is 11.5 Å². The summed E-state index contributed by atoms with van der Waals surface area (Å²) >= 11 is 5.95. The summed E-state index contributed by atoms with van der Waals surface area (Å²) in [5.74, 6) is 0.327. The van der Waals surface area contributed by atoms with Gasteiger partial charge in [-0.05, 0) is 37.3 Å². The number of nitrogens with one attached hydrogen (secondary N) is 2. The summed E-state index contributed by atoms with van der Waals surface area (Å²) in [6, 6.07) is 11.6. The molecule has 132 valence electrons. The fourth-order valence-electron chi connectivity index (χ4n) is 2.12. The van der Waals surface area contributed by atoms with Gasteiger partial charge < -0.3 is 20.1 Å². The van der Waals surface area contributed by atoms with Crippen LogP contribution in [0, 0.1) is 0 Å². The Morgan fingerprint density at radius 2 is 1.96 bits per heavy atom. The second-order valence-electron chi connectivity index (χ2n) is 5.07. The van der Waals surface area contributed by atoms with Crippen molar-refractivity contribution >= 4 is 29.1 Å². The van der Waals surface area contributed by atoms with E-state index < -0.39 is 0 Å². The molecule has 0 bridgehead atoms. The van der Waals surface area contributed by atoms with Crippen molar-refractivity contribution in [1.82, 2.24) is 5.32 Å². The highest BCUT2D eigenvalue weighted by atomic mass is 35.5. The van der Waals surface area contributed by atoms with Crippen LogP contribution in [0.25, 0.3) is 0 Å². The largest absolute Gasteiger partial charge is 0.496 e. The number of hydrogen-bond acceptors (Lipinski definition) is 4. The van der Waals surface area contributed by atoms with Gasteiger partial charge in [-0.1, -0.05) is 17.7 Å². The molecule has 2 aromatic rings. The first-order valence-electron chi connectivity index (χ1n) is 7.68. The first-order valence-corrected chi connectivity index (χ1v) is 8.05. The molecule has 0 fully saturated rings. The minimum absolute atomic E-state index is 0.0899. The Kier molecular flexibility index (Phi) is 6.65. The summed E-state index contributed by atoms with van der Waals surface area (Å²) < 4.78 is 10.6. The van der Waals surface area contributed by atoms with Gasteiger partial charge in [0.2, 0.25) is 0 Å². The maximum atomic E-state index is 12.5. The van der Waals surface area contributed by atoms with E-state index in [1.165, 1.54) is 13.2 Å². The van der Waals surface area contributed by atoms with Crippen LogP contribution in [0.5, 0.6) is 11.5 Å². The number of amides is 2. The molecule has 0 spiro atoms. The van der Waals surface area contributed by atoms with Gasteiger partial charge in [-0.15, -0.1) is 0 Å². The van der Waals surface area contributed by atoms with Crippen molar-refractivity contribution in [2.75, 3.05) is 25.6 Å². The normalized spacial score (nSPS) is 10.0. The lowest BCUT2D eigenvalue weighted by atomic mass is 10.2. The van der Waals surface area contributed by atoms with E-state index in [4.69, 9.17) is 21.1 Å². The standard InChI is InChI=1S/C18H19ClN2O4/c1-3-20-17(22)11-25-14-6-4-5-13(10-14)21-18(23)15-9-12(19)7-8-16(15)24-2/h4-10H,3,11H2,1-2H3,(H,20,22)(H,21,23). The van der Waals surface area contributed by atoms with Crippen molar-refractivity contribution in [1.29, 1.82) is 0 Å². The van der Waals surface area contributed by atoms with Crippen molar-refractivity contribution in [2.45, 2.75) is 6.92 Å². The fourth-order valence-corrected chi connectivity index (χ4v) is 2.29. The zero-order valence-electron chi connectivity index (χ0n) is 14.0. The Balaban J connectivity index is 2.08. The summed E-state index contributed by atoms with van der Waals surface area (Å²) in [6.07, 6.45) is 0. The zero-order valence-corrected chi connectivity index (χ0v) is 14.7. The molecule has 0 saturated carbocycles. The molecule has 0 heterocycles. The molecule has 7 heteroatoms. The molecular weight excluding hydrogens is 344 g/mol. The van der Waals surface area contributed by atoms with Gasteiger partial charge in [0.25, 0.3) is 11.8 Å². The average molecular weight is 363 g/mol. The number of carbonyl (C=O) groups excluding carboxylic acids is 2. The Morgan fingerprint density at radius 1 is 1.16 bits per heavy atom. The monoisotopic (exact) mass is 362 g/mol. The predicted molar refractivity (Wildman–Crippen MR) is 96.6 cm³/mol. The van der Waals surface area contributed by atoms with E-state index in [0.717, 1.165) is 0 Å². The third-order valence-electron chi connectivity index (χ3n) is 3.24. The lowest BCUT2D eigenvalue weighted by molar-refractivity contribution is -0.122. The Hall–Kier alpha value is -2.73. The highest BCUT2D eigenvalue weighted by Gasteiger charge is 2.13. The number of likely N-dealkylation sites (N-methyl/N-ethyl adjacent to an activating group) is 1. The molecule has 2 N–H and O–H groups in total. The molecule has 2 rings (SSSR count). The van der Waals surface area contributed by atoms with Crippen molar-refractivity contribution in [3.63, 3.8) is 0 Å². The third-order valence-corrected chi connectivity index (χ3v) is 3.48. The summed E-state index contributed by atoms with van der Waals surface area (Å²) in [4.78, 5) is 23.9. The number of methoxy groups -OCH3 is 1. The lowest BCUT2D eigenvalue weighted by Crippen LogP contribution is -2.28. The van der Waals surface area contributed by atoms with Crippen LogP contribution in [-0.2, 0) is 4.79 Å². The second kappa shape index (κ2) is 8.94. The van der Waals surface area contributed by atoms with Crippen molar-refractivity contribution in [3.8, 4) is 11.5 Å². The number of ether oxygens (including phenoxy) is 2. The van der Waals surface area contributed by atoms with Crippen LogP contribution in [0.3, 0.4) is 0 Å². The molecule has 0 radical (unpaired) electrons. The van der Waals surface area contributed by atoms with Crippen LogP contribution in [-0.4, -0.2) is 32.1 Å². The summed E-state index contributed by atoms with van der Waals surface area (Å²) in [7, 11) is 1.48. The molecule has 25 heavy (non-hydrogen) atoms. The van der Waals surface area contributed by atoms with Crippen LogP contribution in [0.4, 0.5) is 5.69 Å². The maximum Gasteiger partial charge on any atom is 0.259 e. The topological polar surface area (TPSA) is 76.7 Å². The number of halogens is 1. The molecule has 0 saturated heterocycles. The van der Waals surface area contributed by atoms with Crippen LogP contribution in [0.1, 0.15) is 17.3 Å². The van der Waals surface area contributed by atoms with Crippen LogP contribution >= 0.6 is 11.6 Å². The SMILES string of the molecule is CCNC(=O)COc1cccc(NC(=O)c2cc(Cl)ccc2OC)c1. The summed E-state index contributed by atoms with van der Waals surface area (Å²) in [5, 5.41) is 5.83. The van der Waals surface area contributed by atoms with Crippen LogP contribution < -0.4 is 20.1 Å². The Labute approximate surface area is 151 Å². The highest BCUT2D eigenvalue weighted by molar-refractivity contribution is 6.31. The Morgan fingerprint density at radius 3 is 2.68 bits per heavy atom. The minimum Gasteiger partial charge on any atom is -0.496 e. The zero-order chi connectivity index (χ0) is 18.2. The molecule has 0 aliphatic heterocycles. The van der Waals surface area contributed by atoms with E-state index in [0.29, 0.717) is 34.3 Å². The molecule has 2 aromatic carbocycles. The average Bonchev–Trinajstić information content (AvgIpc) is 2.60. The van der Waals surface area contributed by atoms with E-state index in [1.807, 2.05) is 6.92 Å². The van der Waals surface area contributed by atoms with Gasteiger partial charge in [0.05, 0.1) is 12.7 Å². The number of benzene rings is 2. The van der Waals surface area contributed by atoms with E-state index in [2.05, 4.69) is 10.6 Å². The molecule has 0 atom stereocenters. The maximum absolute atomic E-state index is 12.5. The van der Waals surface area contributed by atoms with Crippen molar-refractivity contribution < 1.29 is 19.1 Å². The van der Waals surface area contributed by atoms with Crippen LogP contribution in [0.2, 0.25) is 5.02 Å². The molecule has 6 nitrogen and oxygen atoms in total. The van der Waals surface area contributed by atoms with Gasteiger partial charge in [-0.2, -0.15) is 0 Å². The molecule has 0 aliphatic rings. The van der Waals surface area contributed by atoms with Gasteiger partial charge in [-0.3, -0.25) is 9.59 Å². The number of carbonyl (C=O) groups is 2. The van der Waals surface area contributed by atoms with Gasteiger partial charge in [0.15, 0.2) is 6.61 Å². The number of anilines is 1. The van der Waals surface area contributed by atoms with Gasteiger partial charge >= 0.3 is 0 Å². The highest BCUT2D eigenvalue weighted by Crippen LogP contribution is 2.24. The summed E-state index contributed by atoms with van der Waals surface area (Å²) in [5.41, 5.74) is 0.851. The second-order valence-corrected chi connectivity index (χ2v) is 5.51.